The SMILES string of the molecule is CS(=O)(=O)c1ccc(Nc2nc3c(-c4ccc(CN5CCS(=O)(=O)CC5)cc4)cccn3n2)cc1. The first-order valence-corrected chi connectivity index (χ1v) is 14.8. The first-order chi connectivity index (χ1) is 16.7. The van der Waals surface area contributed by atoms with Crippen molar-refractivity contribution >= 4 is 37.0 Å². The van der Waals surface area contributed by atoms with Crippen LogP contribution in [0.5, 0.6) is 0 Å². The molecule has 2 aromatic carbocycles. The second kappa shape index (κ2) is 9.06. The van der Waals surface area contributed by atoms with Gasteiger partial charge in [0.25, 0.3) is 0 Å². The smallest absolute Gasteiger partial charge is 0.247 e. The Bertz CT molecular complexity index is 1570. The third-order valence-corrected chi connectivity index (χ3v) is 8.75. The van der Waals surface area contributed by atoms with Crippen LogP contribution in [0.2, 0.25) is 0 Å². The Labute approximate surface area is 204 Å². The van der Waals surface area contributed by atoms with E-state index in [1.807, 2.05) is 30.5 Å². The standard InChI is InChI=1S/C24H25N5O4S2/c1-34(30,31)21-10-8-20(9-11-21)25-24-26-23-22(3-2-12-29(23)27-24)19-6-4-18(5-7-19)17-28-13-15-35(32,33)16-14-28/h2-12H,13-17H2,1H3,(H,25,27). The highest BCUT2D eigenvalue weighted by Gasteiger charge is 2.21. The first-order valence-electron chi connectivity index (χ1n) is 11.1. The van der Waals surface area contributed by atoms with Crippen LogP contribution >= 0.6 is 0 Å². The number of anilines is 2. The molecule has 3 heterocycles. The zero-order valence-electron chi connectivity index (χ0n) is 19.1. The number of hydrogen-bond donors (Lipinski definition) is 1. The normalized spacial score (nSPS) is 16.4. The number of benzene rings is 2. The van der Waals surface area contributed by atoms with E-state index in [2.05, 4.69) is 32.4 Å². The van der Waals surface area contributed by atoms with Crippen LogP contribution in [0.15, 0.2) is 71.8 Å². The molecule has 2 aromatic heterocycles. The Morgan fingerprint density at radius 3 is 2.31 bits per heavy atom. The van der Waals surface area contributed by atoms with Gasteiger partial charge >= 0.3 is 0 Å². The van der Waals surface area contributed by atoms with Crippen LogP contribution in [0.1, 0.15) is 5.56 Å². The van der Waals surface area contributed by atoms with Gasteiger partial charge in [0.1, 0.15) is 0 Å². The molecule has 35 heavy (non-hydrogen) atoms. The molecule has 0 spiro atoms. The molecule has 4 aromatic rings. The number of nitrogens with one attached hydrogen (secondary N) is 1. The summed E-state index contributed by atoms with van der Waals surface area (Å²) in [6, 6.07) is 18.5. The Hall–Kier alpha value is -3.28. The number of aromatic nitrogens is 3. The first kappa shape index (κ1) is 23.5. The van der Waals surface area contributed by atoms with Gasteiger partial charge in [0.15, 0.2) is 25.3 Å². The summed E-state index contributed by atoms with van der Waals surface area (Å²) in [7, 11) is -6.14. The summed E-state index contributed by atoms with van der Waals surface area (Å²) in [4.78, 5) is 7.06. The van der Waals surface area contributed by atoms with Gasteiger partial charge in [-0.05, 0) is 47.5 Å². The van der Waals surface area contributed by atoms with Crippen LogP contribution in [0.25, 0.3) is 16.8 Å². The topological polar surface area (TPSA) is 114 Å². The fraction of sp³-hybridized carbons (Fsp3) is 0.250. The summed E-state index contributed by atoms with van der Waals surface area (Å²) < 4.78 is 48.3. The van der Waals surface area contributed by atoms with Crippen LogP contribution in [0.3, 0.4) is 0 Å². The van der Waals surface area contributed by atoms with Crippen LogP contribution in [-0.4, -0.2) is 67.2 Å². The predicted octanol–water partition coefficient (Wildman–Crippen LogP) is 2.77. The van der Waals surface area contributed by atoms with Gasteiger partial charge in [-0.3, -0.25) is 4.90 Å². The van der Waals surface area contributed by atoms with Gasteiger partial charge < -0.3 is 5.32 Å². The molecular weight excluding hydrogens is 486 g/mol. The van der Waals surface area contributed by atoms with E-state index >= 15 is 0 Å². The van der Waals surface area contributed by atoms with Crippen molar-refractivity contribution < 1.29 is 16.8 Å². The summed E-state index contributed by atoms with van der Waals surface area (Å²) in [5.41, 5.74) is 4.43. The fourth-order valence-electron chi connectivity index (χ4n) is 4.06. The van der Waals surface area contributed by atoms with Gasteiger partial charge in [-0.15, -0.1) is 5.10 Å². The maximum Gasteiger partial charge on any atom is 0.247 e. The Kier molecular flexibility index (Phi) is 6.07. The van der Waals surface area contributed by atoms with Crippen molar-refractivity contribution in [3.63, 3.8) is 0 Å². The minimum atomic E-state index is -3.26. The molecule has 1 saturated heterocycles. The minimum Gasteiger partial charge on any atom is -0.323 e. The molecule has 9 nitrogen and oxygen atoms in total. The summed E-state index contributed by atoms with van der Waals surface area (Å²) in [5.74, 6) is 0.845. The lowest BCUT2D eigenvalue weighted by Crippen LogP contribution is -2.39. The molecule has 0 unspecified atom stereocenters. The molecule has 0 bridgehead atoms. The molecule has 1 aliphatic heterocycles. The van der Waals surface area contributed by atoms with Crippen LogP contribution < -0.4 is 5.32 Å². The largest absolute Gasteiger partial charge is 0.323 e. The van der Waals surface area contributed by atoms with Gasteiger partial charge in [0.2, 0.25) is 5.95 Å². The molecule has 0 aliphatic carbocycles. The Morgan fingerprint density at radius 1 is 0.971 bits per heavy atom. The highest BCUT2D eigenvalue weighted by molar-refractivity contribution is 7.91. The van der Waals surface area contributed by atoms with E-state index in [0.717, 1.165) is 23.2 Å². The molecule has 1 aliphatic rings. The lowest BCUT2D eigenvalue weighted by Gasteiger charge is -2.26. The van der Waals surface area contributed by atoms with Crippen molar-refractivity contribution in [2.45, 2.75) is 11.4 Å². The summed E-state index contributed by atoms with van der Waals surface area (Å²) in [6.45, 7) is 1.85. The van der Waals surface area contributed by atoms with Crippen molar-refractivity contribution in [3.05, 3.63) is 72.4 Å². The summed E-state index contributed by atoms with van der Waals surface area (Å²) >= 11 is 0. The van der Waals surface area contributed by atoms with Crippen molar-refractivity contribution in [3.8, 4) is 11.1 Å². The molecule has 1 fully saturated rings. The Morgan fingerprint density at radius 2 is 1.66 bits per heavy atom. The van der Waals surface area contributed by atoms with Crippen LogP contribution in [0.4, 0.5) is 11.6 Å². The van der Waals surface area contributed by atoms with Crippen molar-refractivity contribution in [2.75, 3.05) is 36.2 Å². The van der Waals surface area contributed by atoms with E-state index in [0.29, 0.717) is 30.4 Å². The van der Waals surface area contributed by atoms with Crippen molar-refractivity contribution in [1.29, 1.82) is 0 Å². The molecule has 0 saturated carbocycles. The number of rotatable bonds is 6. The highest BCUT2D eigenvalue weighted by atomic mass is 32.2. The third-order valence-electron chi connectivity index (χ3n) is 6.01. The molecule has 182 valence electrons. The third kappa shape index (κ3) is 5.37. The van der Waals surface area contributed by atoms with Gasteiger partial charge in [0.05, 0.1) is 16.4 Å². The van der Waals surface area contributed by atoms with Crippen LogP contribution in [-0.2, 0) is 26.2 Å². The number of fused-ring (bicyclic) bond motifs is 1. The number of sulfone groups is 2. The maximum absolute atomic E-state index is 11.7. The Balaban J connectivity index is 1.33. The summed E-state index contributed by atoms with van der Waals surface area (Å²) in [6.07, 6.45) is 3.00. The highest BCUT2D eigenvalue weighted by Crippen LogP contribution is 2.26. The second-order valence-electron chi connectivity index (χ2n) is 8.67. The quantitative estimate of drug-likeness (QED) is 0.420. The van der Waals surface area contributed by atoms with E-state index in [1.165, 1.54) is 6.26 Å². The number of pyridine rings is 1. The predicted molar refractivity (Wildman–Crippen MR) is 135 cm³/mol. The second-order valence-corrected chi connectivity index (χ2v) is 13.0. The van der Waals surface area contributed by atoms with E-state index in [1.54, 1.807) is 28.8 Å². The lowest BCUT2D eigenvalue weighted by atomic mass is 10.0. The fourth-order valence-corrected chi connectivity index (χ4v) is 5.96. The monoisotopic (exact) mass is 511 g/mol. The average molecular weight is 512 g/mol. The van der Waals surface area contributed by atoms with Gasteiger partial charge in [-0.1, -0.05) is 24.3 Å². The van der Waals surface area contributed by atoms with E-state index in [9.17, 15) is 16.8 Å². The van der Waals surface area contributed by atoms with Gasteiger partial charge in [0, 0.05) is 43.3 Å². The van der Waals surface area contributed by atoms with E-state index in [4.69, 9.17) is 0 Å². The maximum atomic E-state index is 11.7. The number of hydrogen-bond acceptors (Lipinski definition) is 8. The van der Waals surface area contributed by atoms with Crippen LogP contribution in [0, 0.1) is 0 Å². The van der Waals surface area contributed by atoms with Crippen molar-refractivity contribution in [1.82, 2.24) is 19.5 Å². The minimum absolute atomic E-state index is 0.220. The molecule has 11 heteroatoms. The summed E-state index contributed by atoms with van der Waals surface area (Å²) in [5, 5.41) is 7.62. The zero-order chi connectivity index (χ0) is 24.6. The average Bonchev–Trinajstić information content (AvgIpc) is 3.23. The molecular formula is C24H25N5O4S2. The molecule has 1 N–H and O–H groups in total. The van der Waals surface area contributed by atoms with E-state index in [-0.39, 0.29) is 16.4 Å². The van der Waals surface area contributed by atoms with E-state index < -0.39 is 19.7 Å². The molecule has 0 radical (unpaired) electrons. The molecule has 0 atom stereocenters. The number of nitrogens with zero attached hydrogens (tertiary/aromatic N) is 4. The lowest BCUT2D eigenvalue weighted by molar-refractivity contribution is 0.287. The van der Waals surface area contributed by atoms with Gasteiger partial charge in [-0.25, -0.2) is 21.4 Å². The molecule has 0 amide bonds. The zero-order valence-corrected chi connectivity index (χ0v) is 20.8. The van der Waals surface area contributed by atoms with Gasteiger partial charge in [-0.2, -0.15) is 4.98 Å². The van der Waals surface area contributed by atoms with Crippen molar-refractivity contribution in [2.24, 2.45) is 0 Å². The molecule has 5 rings (SSSR count).